The van der Waals surface area contributed by atoms with Crippen molar-refractivity contribution in [3.63, 3.8) is 0 Å². The summed E-state index contributed by atoms with van der Waals surface area (Å²) in [7, 11) is 0. The molecule has 3 aromatic rings. The van der Waals surface area contributed by atoms with E-state index in [4.69, 9.17) is 9.84 Å². The molecule has 0 saturated carbocycles. The minimum atomic E-state index is -0.967. The molecule has 6 nitrogen and oxygen atoms in total. The molecule has 0 aliphatic carbocycles. The number of benzene rings is 3. The molecule has 1 fully saturated rings. The quantitative estimate of drug-likeness (QED) is 0.478. The zero-order valence-corrected chi connectivity index (χ0v) is 19.0. The van der Waals surface area contributed by atoms with Crippen molar-refractivity contribution >= 4 is 40.6 Å². The van der Waals surface area contributed by atoms with E-state index < -0.39 is 5.97 Å². The number of aryl methyl sites for hydroxylation is 1. The minimum Gasteiger partial charge on any atom is -0.489 e. The van der Waals surface area contributed by atoms with E-state index in [1.54, 1.807) is 18.2 Å². The fourth-order valence-corrected chi connectivity index (χ4v) is 4.05. The summed E-state index contributed by atoms with van der Waals surface area (Å²) in [5, 5.41) is 12.5. The fourth-order valence-electron chi connectivity index (χ4n) is 3.22. The molecule has 0 atom stereocenters. The largest absolute Gasteiger partial charge is 0.489 e. The molecule has 0 aromatic heterocycles. The summed E-state index contributed by atoms with van der Waals surface area (Å²) in [5.41, 5.74) is 4.94. The molecule has 4 rings (SSSR count). The first-order valence-corrected chi connectivity index (χ1v) is 11.1. The number of carbonyl (C=O) groups excluding carboxylic acids is 1. The number of rotatable bonds is 6. The third kappa shape index (κ3) is 5.51. The summed E-state index contributed by atoms with van der Waals surface area (Å²) >= 11 is 1.31. The van der Waals surface area contributed by atoms with Gasteiger partial charge in [0.2, 0.25) is 0 Å². The van der Waals surface area contributed by atoms with Crippen LogP contribution in [-0.2, 0) is 11.4 Å². The lowest BCUT2D eigenvalue weighted by molar-refractivity contribution is -0.115. The van der Waals surface area contributed by atoms with E-state index in [1.807, 2.05) is 68.5 Å². The van der Waals surface area contributed by atoms with Gasteiger partial charge in [0.25, 0.3) is 5.91 Å². The molecule has 1 amide bonds. The average Bonchev–Trinajstić information content (AvgIpc) is 3.15. The Balaban J connectivity index is 1.42. The molecule has 0 unspecified atom stereocenters. The van der Waals surface area contributed by atoms with Crippen LogP contribution >= 0.6 is 11.8 Å². The number of hydrogen-bond donors (Lipinski definition) is 2. The summed E-state index contributed by atoms with van der Waals surface area (Å²) in [6, 6.07) is 19.9. The highest BCUT2D eigenvalue weighted by molar-refractivity contribution is 8.18. The minimum absolute atomic E-state index is 0.178. The van der Waals surface area contributed by atoms with Crippen molar-refractivity contribution in [3.8, 4) is 5.75 Å². The van der Waals surface area contributed by atoms with E-state index >= 15 is 0 Å². The van der Waals surface area contributed by atoms with E-state index in [2.05, 4.69) is 10.3 Å². The van der Waals surface area contributed by atoms with Crippen LogP contribution in [0.4, 0.5) is 5.69 Å². The molecule has 3 aromatic carbocycles. The predicted molar refractivity (Wildman–Crippen MR) is 131 cm³/mol. The van der Waals surface area contributed by atoms with Crippen LogP contribution in [0.25, 0.3) is 6.08 Å². The number of aliphatic imine (C=N–C) groups is 1. The van der Waals surface area contributed by atoms with Gasteiger partial charge in [-0.1, -0.05) is 36.4 Å². The number of nitrogens with zero attached hydrogens (tertiary/aromatic N) is 1. The second-order valence-corrected chi connectivity index (χ2v) is 8.59. The van der Waals surface area contributed by atoms with Gasteiger partial charge in [-0.2, -0.15) is 0 Å². The van der Waals surface area contributed by atoms with Gasteiger partial charge >= 0.3 is 5.97 Å². The maximum absolute atomic E-state index is 12.4. The molecule has 33 heavy (non-hydrogen) atoms. The number of amides is 1. The van der Waals surface area contributed by atoms with E-state index in [-0.39, 0.29) is 18.1 Å². The maximum Gasteiger partial charge on any atom is 0.335 e. The van der Waals surface area contributed by atoms with Gasteiger partial charge in [0.15, 0.2) is 5.17 Å². The summed E-state index contributed by atoms with van der Waals surface area (Å²) < 4.78 is 5.76. The predicted octanol–water partition coefficient (Wildman–Crippen LogP) is 5.47. The normalized spacial score (nSPS) is 15.6. The molecule has 0 radical (unpaired) electrons. The average molecular weight is 459 g/mol. The Bertz CT molecular complexity index is 1280. The van der Waals surface area contributed by atoms with E-state index in [1.165, 1.54) is 11.8 Å². The van der Waals surface area contributed by atoms with Crippen molar-refractivity contribution in [1.82, 2.24) is 5.32 Å². The van der Waals surface area contributed by atoms with Gasteiger partial charge in [0.05, 0.1) is 16.2 Å². The topological polar surface area (TPSA) is 88.0 Å². The fraction of sp³-hybridized carbons (Fsp3) is 0.115. The standard InChI is InChI=1S/C26H22N2O4S/c1-16-5-3-8-22(17(16)2)27-26-28-24(29)23(33-26)14-18-9-11-21(12-10-18)32-15-19-6-4-7-20(13-19)25(30)31/h3-14H,15H2,1-2H3,(H,30,31)(H,27,28,29)/b23-14-. The van der Waals surface area contributed by atoms with E-state index in [0.29, 0.717) is 15.8 Å². The SMILES string of the molecule is Cc1cccc(N=C2NC(=O)/C(=C/c3ccc(OCc4cccc(C(=O)O)c4)cc3)S2)c1C. The first-order valence-electron chi connectivity index (χ1n) is 10.3. The number of carboxylic acid groups (broad SMARTS) is 1. The molecule has 7 heteroatoms. The number of nitrogens with one attached hydrogen (secondary N) is 1. The Labute approximate surface area is 196 Å². The second kappa shape index (κ2) is 9.75. The van der Waals surface area contributed by atoms with Gasteiger partial charge in [-0.05, 0) is 84.3 Å². The molecule has 1 heterocycles. The van der Waals surface area contributed by atoms with Crippen molar-refractivity contribution in [2.75, 3.05) is 0 Å². The number of aromatic carboxylic acids is 1. The smallest absolute Gasteiger partial charge is 0.335 e. The highest BCUT2D eigenvalue weighted by Crippen LogP contribution is 2.30. The van der Waals surface area contributed by atoms with Gasteiger partial charge in [0, 0.05) is 0 Å². The van der Waals surface area contributed by atoms with E-state index in [0.717, 1.165) is 27.9 Å². The lowest BCUT2D eigenvalue weighted by atomic mass is 10.1. The summed E-state index contributed by atoms with van der Waals surface area (Å²) in [6.45, 7) is 4.31. The van der Waals surface area contributed by atoms with Crippen molar-refractivity contribution in [3.05, 3.63) is 99.5 Å². The zero-order chi connectivity index (χ0) is 23.4. The summed E-state index contributed by atoms with van der Waals surface area (Å²) in [6.07, 6.45) is 1.81. The molecule has 1 aliphatic rings. The monoisotopic (exact) mass is 458 g/mol. The Morgan fingerprint density at radius 1 is 1.09 bits per heavy atom. The third-order valence-corrected chi connectivity index (χ3v) is 6.12. The van der Waals surface area contributed by atoms with Crippen LogP contribution < -0.4 is 10.1 Å². The molecule has 166 valence electrons. The molecule has 0 bridgehead atoms. The Morgan fingerprint density at radius 3 is 2.61 bits per heavy atom. The van der Waals surface area contributed by atoms with Crippen molar-refractivity contribution < 1.29 is 19.4 Å². The summed E-state index contributed by atoms with van der Waals surface area (Å²) in [4.78, 5) is 28.6. The maximum atomic E-state index is 12.4. The van der Waals surface area contributed by atoms with Gasteiger partial charge in [-0.15, -0.1) is 0 Å². The number of hydrogen-bond acceptors (Lipinski definition) is 5. The van der Waals surface area contributed by atoms with Crippen LogP contribution in [0.3, 0.4) is 0 Å². The number of carboxylic acids is 1. The highest BCUT2D eigenvalue weighted by Gasteiger charge is 2.24. The second-order valence-electron chi connectivity index (χ2n) is 7.56. The number of amidine groups is 1. The van der Waals surface area contributed by atoms with Crippen LogP contribution in [0.15, 0.2) is 76.6 Å². The highest BCUT2D eigenvalue weighted by atomic mass is 32.2. The van der Waals surface area contributed by atoms with Gasteiger partial charge in [-0.3, -0.25) is 4.79 Å². The Hall–Kier alpha value is -3.84. The lowest BCUT2D eigenvalue weighted by Crippen LogP contribution is -2.19. The lowest BCUT2D eigenvalue weighted by Gasteiger charge is -2.07. The molecule has 1 aliphatic heterocycles. The van der Waals surface area contributed by atoms with E-state index in [9.17, 15) is 9.59 Å². The first kappa shape index (κ1) is 22.4. The molecule has 1 saturated heterocycles. The van der Waals surface area contributed by atoms with Crippen molar-refractivity contribution in [2.24, 2.45) is 4.99 Å². The van der Waals surface area contributed by atoms with Crippen LogP contribution in [0.2, 0.25) is 0 Å². The molecule has 0 spiro atoms. The van der Waals surface area contributed by atoms with Crippen molar-refractivity contribution in [2.45, 2.75) is 20.5 Å². The van der Waals surface area contributed by atoms with Gasteiger partial charge in [0.1, 0.15) is 12.4 Å². The third-order valence-electron chi connectivity index (χ3n) is 5.21. The molecular weight excluding hydrogens is 436 g/mol. The first-order chi connectivity index (χ1) is 15.9. The van der Waals surface area contributed by atoms with Gasteiger partial charge < -0.3 is 15.2 Å². The zero-order valence-electron chi connectivity index (χ0n) is 18.2. The number of carbonyl (C=O) groups is 2. The molecular formula is C26H22N2O4S. The van der Waals surface area contributed by atoms with Crippen molar-refractivity contribution in [1.29, 1.82) is 0 Å². The Morgan fingerprint density at radius 2 is 1.85 bits per heavy atom. The number of thioether (sulfide) groups is 1. The van der Waals surface area contributed by atoms with Crippen LogP contribution in [0.5, 0.6) is 5.75 Å². The Kier molecular flexibility index (Phi) is 6.60. The van der Waals surface area contributed by atoms with Gasteiger partial charge in [-0.25, -0.2) is 9.79 Å². The number of ether oxygens (including phenoxy) is 1. The summed E-state index contributed by atoms with van der Waals surface area (Å²) in [5.74, 6) is -0.494. The van der Waals surface area contributed by atoms with Crippen LogP contribution in [0, 0.1) is 13.8 Å². The van der Waals surface area contributed by atoms with Crippen LogP contribution in [-0.4, -0.2) is 22.2 Å². The molecule has 2 N–H and O–H groups in total. The van der Waals surface area contributed by atoms with Crippen LogP contribution in [0.1, 0.15) is 32.6 Å².